The first kappa shape index (κ1) is 18.2. The van der Waals surface area contributed by atoms with Crippen molar-refractivity contribution in [3.05, 3.63) is 58.1 Å². The molecule has 0 radical (unpaired) electrons. The number of halogens is 2. The van der Waals surface area contributed by atoms with Gasteiger partial charge in [-0.1, -0.05) is 61.8 Å². The summed E-state index contributed by atoms with van der Waals surface area (Å²) in [5.41, 5.74) is 0.497. The molecule has 0 unspecified atom stereocenters. The third-order valence-electron chi connectivity index (χ3n) is 3.22. The average Bonchev–Trinajstić information content (AvgIpc) is 2.47. The van der Waals surface area contributed by atoms with E-state index in [2.05, 4.69) is 5.32 Å². The first-order valence-electron chi connectivity index (χ1n) is 7.26. The molecule has 2 nitrogen and oxygen atoms in total. The van der Waals surface area contributed by atoms with E-state index in [-0.39, 0.29) is 5.91 Å². The van der Waals surface area contributed by atoms with Gasteiger partial charge in [0.1, 0.15) is 0 Å². The highest BCUT2D eigenvalue weighted by Crippen LogP contribution is 2.34. The summed E-state index contributed by atoms with van der Waals surface area (Å²) in [6.45, 7) is 6.07. The number of amides is 1. The van der Waals surface area contributed by atoms with Crippen LogP contribution in [0.5, 0.6) is 0 Å². The van der Waals surface area contributed by atoms with E-state index in [1.807, 2.05) is 63.2 Å². The largest absolute Gasteiger partial charge is 0.351 e. The molecule has 0 atom stereocenters. The highest BCUT2D eigenvalue weighted by atomic mass is 35.5. The SMILES string of the molecule is CC(C)(C)C(=O)NCc1c(Cl)cccc1Sc1ccc(Cl)cc1. The highest BCUT2D eigenvalue weighted by Gasteiger charge is 2.21. The summed E-state index contributed by atoms with van der Waals surface area (Å²) in [5.74, 6) is -0.000127. The Morgan fingerprint density at radius 1 is 1.09 bits per heavy atom. The van der Waals surface area contributed by atoms with Crippen molar-refractivity contribution in [3.8, 4) is 0 Å². The van der Waals surface area contributed by atoms with Crippen LogP contribution in [0.2, 0.25) is 10.0 Å². The van der Waals surface area contributed by atoms with Crippen molar-refractivity contribution in [3.63, 3.8) is 0 Å². The molecular weight excluding hydrogens is 349 g/mol. The van der Waals surface area contributed by atoms with Gasteiger partial charge in [-0.15, -0.1) is 0 Å². The van der Waals surface area contributed by atoms with E-state index in [0.717, 1.165) is 15.4 Å². The van der Waals surface area contributed by atoms with Crippen LogP contribution in [0.15, 0.2) is 52.3 Å². The average molecular weight is 368 g/mol. The van der Waals surface area contributed by atoms with E-state index >= 15 is 0 Å². The Hall–Kier alpha value is -1.16. The standard InChI is InChI=1S/C18H19Cl2NOS/c1-18(2,3)17(22)21-11-14-15(20)5-4-6-16(14)23-13-9-7-12(19)8-10-13/h4-10H,11H2,1-3H3,(H,21,22). The summed E-state index contributed by atoms with van der Waals surface area (Å²) in [6.07, 6.45) is 0. The lowest BCUT2D eigenvalue weighted by Crippen LogP contribution is -2.34. The predicted molar refractivity (Wildman–Crippen MR) is 98.3 cm³/mol. The lowest BCUT2D eigenvalue weighted by molar-refractivity contribution is -0.128. The fourth-order valence-corrected chi connectivity index (χ4v) is 3.27. The lowest BCUT2D eigenvalue weighted by Gasteiger charge is -2.19. The molecule has 2 aromatic carbocycles. The molecule has 0 aliphatic rings. The Bertz CT molecular complexity index is 693. The maximum Gasteiger partial charge on any atom is 0.225 e. The molecule has 1 N–H and O–H groups in total. The van der Waals surface area contributed by atoms with E-state index in [0.29, 0.717) is 16.6 Å². The van der Waals surface area contributed by atoms with E-state index in [1.165, 1.54) is 0 Å². The first-order valence-corrected chi connectivity index (χ1v) is 8.84. The normalized spacial score (nSPS) is 11.3. The number of nitrogens with one attached hydrogen (secondary N) is 1. The van der Waals surface area contributed by atoms with Gasteiger partial charge < -0.3 is 5.32 Å². The van der Waals surface area contributed by atoms with E-state index in [9.17, 15) is 4.79 Å². The fraction of sp³-hybridized carbons (Fsp3) is 0.278. The quantitative estimate of drug-likeness (QED) is 0.738. The number of carbonyl (C=O) groups is 1. The predicted octanol–water partition coefficient (Wildman–Crippen LogP) is 5.81. The number of benzene rings is 2. The molecule has 0 aliphatic carbocycles. The molecule has 0 aromatic heterocycles. The zero-order chi connectivity index (χ0) is 17.0. The molecule has 1 amide bonds. The summed E-state index contributed by atoms with van der Waals surface area (Å²) in [4.78, 5) is 14.2. The second-order valence-corrected chi connectivity index (χ2v) is 8.16. The van der Waals surface area contributed by atoms with Crippen LogP contribution in [-0.4, -0.2) is 5.91 Å². The second kappa shape index (κ2) is 7.61. The van der Waals surface area contributed by atoms with E-state index < -0.39 is 5.41 Å². The van der Waals surface area contributed by atoms with Gasteiger partial charge >= 0.3 is 0 Å². The van der Waals surface area contributed by atoms with Crippen molar-refractivity contribution in [1.29, 1.82) is 0 Å². The van der Waals surface area contributed by atoms with Gasteiger partial charge in [0.2, 0.25) is 5.91 Å². The maximum atomic E-state index is 12.1. The van der Waals surface area contributed by atoms with Crippen LogP contribution < -0.4 is 5.32 Å². The first-order chi connectivity index (χ1) is 10.8. The Morgan fingerprint density at radius 3 is 2.35 bits per heavy atom. The fourth-order valence-electron chi connectivity index (χ4n) is 1.87. The molecule has 23 heavy (non-hydrogen) atoms. The van der Waals surface area contributed by atoms with Crippen LogP contribution in [0.4, 0.5) is 0 Å². The zero-order valence-corrected chi connectivity index (χ0v) is 15.6. The van der Waals surface area contributed by atoms with Crippen LogP contribution in [0.3, 0.4) is 0 Å². The summed E-state index contributed by atoms with van der Waals surface area (Å²) in [7, 11) is 0. The van der Waals surface area contributed by atoms with Crippen molar-refractivity contribution < 1.29 is 4.79 Å². The van der Waals surface area contributed by atoms with Crippen molar-refractivity contribution in [2.45, 2.75) is 37.1 Å². The third-order valence-corrected chi connectivity index (χ3v) is 4.94. The van der Waals surface area contributed by atoms with Crippen LogP contribution in [-0.2, 0) is 11.3 Å². The molecule has 2 aromatic rings. The van der Waals surface area contributed by atoms with Gasteiger partial charge in [-0.25, -0.2) is 0 Å². The van der Waals surface area contributed by atoms with Gasteiger partial charge in [-0.05, 0) is 36.4 Å². The molecule has 0 saturated carbocycles. The Kier molecular flexibility index (Phi) is 6.01. The summed E-state index contributed by atoms with van der Waals surface area (Å²) < 4.78 is 0. The molecule has 0 aliphatic heterocycles. The second-order valence-electron chi connectivity index (χ2n) is 6.21. The molecule has 2 rings (SSSR count). The number of carbonyl (C=O) groups excluding carboxylic acids is 1. The third kappa shape index (κ3) is 5.17. The van der Waals surface area contributed by atoms with Gasteiger partial charge in [0, 0.05) is 37.4 Å². The Labute approximate surface area is 151 Å². The topological polar surface area (TPSA) is 29.1 Å². The van der Waals surface area contributed by atoms with Crippen LogP contribution >= 0.6 is 35.0 Å². The van der Waals surface area contributed by atoms with Crippen molar-refractivity contribution in [2.24, 2.45) is 5.41 Å². The minimum atomic E-state index is -0.426. The summed E-state index contributed by atoms with van der Waals surface area (Å²) in [6, 6.07) is 13.4. The minimum absolute atomic E-state index is 0.000127. The molecule has 122 valence electrons. The van der Waals surface area contributed by atoms with Crippen molar-refractivity contribution in [1.82, 2.24) is 5.32 Å². The Balaban J connectivity index is 2.19. The lowest BCUT2D eigenvalue weighted by atomic mass is 9.95. The summed E-state index contributed by atoms with van der Waals surface area (Å²) in [5, 5.41) is 4.31. The molecule has 0 heterocycles. The van der Waals surface area contributed by atoms with Crippen molar-refractivity contribution >= 4 is 40.9 Å². The van der Waals surface area contributed by atoms with Crippen molar-refractivity contribution in [2.75, 3.05) is 0 Å². The molecule has 0 spiro atoms. The number of hydrogen-bond donors (Lipinski definition) is 1. The van der Waals surface area contributed by atoms with Crippen LogP contribution in [0, 0.1) is 5.41 Å². The van der Waals surface area contributed by atoms with Gasteiger partial charge in [0.05, 0.1) is 0 Å². The molecule has 0 fully saturated rings. The molecule has 0 bridgehead atoms. The van der Waals surface area contributed by atoms with Gasteiger partial charge in [-0.3, -0.25) is 4.79 Å². The minimum Gasteiger partial charge on any atom is -0.351 e. The van der Waals surface area contributed by atoms with Gasteiger partial charge in [-0.2, -0.15) is 0 Å². The molecular formula is C18H19Cl2NOS. The Morgan fingerprint density at radius 2 is 1.74 bits per heavy atom. The van der Waals surface area contributed by atoms with Gasteiger partial charge in [0.15, 0.2) is 0 Å². The number of rotatable bonds is 4. The molecule has 5 heteroatoms. The summed E-state index contributed by atoms with van der Waals surface area (Å²) >= 11 is 13.9. The van der Waals surface area contributed by atoms with Crippen LogP contribution in [0.25, 0.3) is 0 Å². The number of hydrogen-bond acceptors (Lipinski definition) is 2. The smallest absolute Gasteiger partial charge is 0.225 e. The van der Waals surface area contributed by atoms with E-state index in [1.54, 1.807) is 11.8 Å². The van der Waals surface area contributed by atoms with Gasteiger partial charge in [0.25, 0.3) is 0 Å². The highest BCUT2D eigenvalue weighted by molar-refractivity contribution is 7.99. The van der Waals surface area contributed by atoms with E-state index in [4.69, 9.17) is 23.2 Å². The zero-order valence-electron chi connectivity index (χ0n) is 13.3. The van der Waals surface area contributed by atoms with Crippen LogP contribution in [0.1, 0.15) is 26.3 Å². The molecule has 0 saturated heterocycles. The maximum absolute atomic E-state index is 12.1. The monoisotopic (exact) mass is 367 g/mol.